The van der Waals surface area contributed by atoms with Crippen LogP contribution < -0.4 is 10.3 Å². The average molecular weight is 266 g/mol. The molecule has 1 heterocycles. The van der Waals surface area contributed by atoms with E-state index in [-0.39, 0.29) is 11.1 Å². The Morgan fingerprint density at radius 2 is 2.10 bits per heavy atom. The van der Waals surface area contributed by atoms with Gasteiger partial charge in [0.1, 0.15) is 17.4 Å². The van der Waals surface area contributed by atoms with Crippen molar-refractivity contribution in [2.24, 2.45) is 0 Å². The van der Waals surface area contributed by atoms with E-state index in [2.05, 4.69) is 4.98 Å². The molecular formula is C16H14N2O2. The molecule has 0 unspecified atom stereocenters. The van der Waals surface area contributed by atoms with Gasteiger partial charge < -0.3 is 9.72 Å². The van der Waals surface area contributed by atoms with Crippen molar-refractivity contribution in [1.29, 1.82) is 5.26 Å². The van der Waals surface area contributed by atoms with Crippen LogP contribution in [0.15, 0.2) is 41.2 Å². The van der Waals surface area contributed by atoms with Crippen molar-refractivity contribution < 1.29 is 4.74 Å². The van der Waals surface area contributed by atoms with Crippen molar-refractivity contribution in [2.75, 3.05) is 7.11 Å². The Morgan fingerprint density at radius 1 is 1.30 bits per heavy atom. The number of H-pyrrole nitrogens is 1. The summed E-state index contributed by atoms with van der Waals surface area (Å²) in [7, 11) is 1.62. The zero-order valence-corrected chi connectivity index (χ0v) is 11.3. The first-order valence-electron chi connectivity index (χ1n) is 6.14. The fourth-order valence-electron chi connectivity index (χ4n) is 1.94. The molecule has 0 fully saturated rings. The fourth-order valence-corrected chi connectivity index (χ4v) is 1.94. The van der Waals surface area contributed by atoms with Crippen molar-refractivity contribution in [1.82, 2.24) is 4.98 Å². The number of ether oxygens (including phenoxy) is 1. The summed E-state index contributed by atoms with van der Waals surface area (Å²) < 4.78 is 5.28. The third-order valence-corrected chi connectivity index (χ3v) is 2.92. The summed E-state index contributed by atoms with van der Waals surface area (Å²) in [6, 6.07) is 10.7. The van der Waals surface area contributed by atoms with E-state index >= 15 is 0 Å². The summed E-state index contributed by atoms with van der Waals surface area (Å²) in [5, 5.41) is 8.77. The minimum Gasteiger partial charge on any atom is -0.496 e. The number of allylic oxidation sites excluding steroid dienone is 1. The normalized spacial score (nSPS) is 10.4. The molecule has 0 aliphatic heterocycles. The van der Waals surface area contributed by atoms with Crippen LogP contribution in [0.5, 0.6) is 5.75 Å². The highest BCUT2D eigenvalue weighted by molar-refractivity contribution is 5.68. The van der Waals surface area contributed by atoms with Crippen LogP contribution in [-0.4, -0.2) is 12.1 Å². The zero-order valence-electron chi connectivity index (χ0n) is 11.3. The van der Waals surface area contributed by atoms with Crippen LogP contribution in [0.3, 0.4) is 0 Å². The number of rotatable bonds is 3. The average Bonchev–Trinajstić information content (AvgIpc) is 2.47. The predicted molar refractivity (Wildman–Crippen MR) is 78.5 cm³/mol. The molecule has 4 nitrogen and oxygen atoms in total. The molecule has 0 amide bonds. The maximum atomic E-state index is 11.7. The molecule has 0 aliphatic rings. The summed E-state index contributed by atoms with van der Waals surface area (Å²) >= 11 is 0. The van der Waals surface area contributed by atoms with E-state index in [9.17, 15) is 4.79 Å². The van der Waals surface area contributed by atoms with Gasteiger partial charge >= 0.3 is 0 Å². The quantitative estimate of drug-likeness (QED) is 0.928. The first-order chi connectivity index (χ1) is 9.69. The molecule has 1 aromatic heterocycles. The van der Waals surface area contributed by atoms with E-state index in [1.54, 1.807) is 13.2 Å². The highest BCUT2D eigenvalue weighted by Gasteiger charge is 2.06. The lowest BCUT2D eigenvalue weighted by Gasteiger charge is -2.08. The van der Waals surface area contributed by atoms with E-state index in [1.807, 2.05) is 43.3 Å². The Balaban J connectivity index is 2.53. The lowest BCUT2D eigenvalue weighted by Crippen LogP contribution is -2.10. The second kappa shape index (κ2) is 5.89. The number of nitrogens with one attached hydrogen (secondary N) is 1. The van der Waals surface area contributed by atoms with E-state index < -0.39 is 0 Å². The van der Waals surface area contributed by atoms with Crippen molar-refractivity contribution in [2.45, 2.75) is 6.92 Å². The largest absolute Gasteiger partial charge is 0.496 e. The van der Waals surface area contributed by atoms with E-state index in [0.29, 0.717) is 5.69 Å². The molecule has 2 rings (SSSR count). The molecule has 0 bridgehead atoms. The van der Waals surface area contributed by atoms with Crippen LogP contribution in [0.2, 0.25) is 0 Å². The number of nitrogens with zero attached hydrogens (tertiary/aromatic N) is 1. The number of pyridine rings is 1. The molecule has 0 aliphatic carbocycles. The highest BCUT2D eigenvalue weighted by atomic mass is 16.5. The number of aromatic nitrogens is 1. The van der Waals surface area contributed by atoms with Crippen LogP contribution in [-0.2, 0) is 0 Å². The molecule has 100 valence electrons. The number of hydrogen-bond acceptors (Lipinski definition) is 3. The molecule has 0 saturated carbocycles. The number of aromatic amines is 1. The van der Waals surface area contributed by atoms with Crippen LogP contribution in [0.4, 0.5) is 0 Å². The highest BCUT2D eigenvalue weighted by Crippen LogP contribution is 2.26. The predicted octanol–water partition coefficient (Wildman–Crippen LogP) is 2.96. The van der Waals surface area contributed by atoms with Crippen molar-refractivity contribution >= 4 is 6.08 Å². The van der Waals surface area contributed by atoms with Crippen LogP contribution in [0, 0.1) is 11.3 Å². The van der Waals surface area contributed by atoms with Gasteiger partial charge in [-0.15, -0.1) is 0 Å². The van der Waals surface area contributed by atoms with Gasteiger partial charge in [0.25, 0.3) is 5.56 Å². The molecule has 1 N–H and O–H groups in total. The Bertz CT molecular complexity index is 752. The minimum atomic E-state index is -0.381. The molecule has 0 atom stereocenters. The van der Waals surface area contributed by atoms with E-state index in [4.69, 9.17) is 10.00 Å². The van der Waals surface area contributed by atoms with Gasteiger partial charge in [-0.1, -0.05) is 12.2 Å². The Hall–Kier alpha value is -2.80. The Labute approximate surface area is 117 Å². The van der Waals surface area contributed by atoms with Gasteiger partial charge in [0.05, 0.1) is 7.11 Å². The zero-order chi connectivity index (χ0) is 14.5. The molecule has 4 heteroatoms. The van der Waals surface area contributed by atoms with Crippen molar-refractivity contribution in [3.05, 3.63) is 57.9 Å². The molecule has 20 heavy (non-hydrogen) atoms. The monoisotopic (exact) mass is 266 g/mol. The van der Waals surface area contributed by atoms with Gasteiger partial charge in [-0.05, 0) is 42.8 Å². The summed E-state index contributed by atoms with van der Waals surface area (Å²) in [5.74, 6) is 0.767. The maximum absolute atomic E-state index is 11.7. The topological polar surface area (TPSA) is 65.9 Å². The Morgan fingerprint density at radius 3 is 2.70 bits per heavy atom. The number of hydrogen-bond donors (Lipinski definition) is 1. The number of nitriles is 1. The fraction of sp³-hybridized carbons (Fsp3) is 0.125. The van der Waals surface area contributed by atoms with Gasteiger partial charge in [-0.3, -0.25) is 4.79 Å². The molecular weight excluding hydrogens is 252 g/mol. The SMILES string of the molecule is CC=Cc1cc(-c2ccc(C#N)c(=O)[nH]2)ccc1OC. The Kier molecular flexibility index (Phi) is 4.02. The van der Waals surface area contributed by atoms with Gasteiger partial charge in [-0.25, -0.2) is 0 Å². The summed E-state index contributed by atoms with van der Waals surface area (Å²) in [4.78, 5) is 14.4. The first kappa shape index (κ1) is 13.6. The lowest BCUT2D eigenvalue weighted by molar-refractivity contribution is 0.414. The summed E-state index contributed by atoms with van der Waals surface area (Å²) in [6.07, 6.45) is 3.85. The van der Waals surface area contributed by atoms with Gasteiger partial charge in [0.2, 0.25) is 0 Å². The van der Waals surface area contributed by atoms with Crippen LogP contribution >= 0.6 is 0 Å². The van der Waals surface area contributed by atoms with Gasteiger partial charge in [0, 0.05) is 11.3 Å². The third-order valence-electron chi connectivity index (χ3n) is 2.92. The first-order valence-corrected chi connectivity index (χ1v) is 6.14. The minimum absolute atomic E-state index is 0.107. The molecule has 0 radical (unpaired) electrons. The van der Waals surface area contributed by atoms with E-state index in [0.717, 1.165) is 16.9 Å². The smallest absolute Gasteiger partial charge is 0.266 e. The standard InChI is InChI=1S/C16H14N2O2/c1-3-4-12-9-11(6-8-15(12)20-2)14-7-5-13(10-17)16(19)18-14/h3-9H,1-2H3,(H,18,19). The number of methoxy groups -OCH3 is 1. The van der Waals surface area contributed by atoms with Crippen molar-refractivity contribution in [3.8, 4) is 23.1 Å². The van der Waals surface area contributed by atoms with E-state index in [1.165, 1.54) is 6.07 Å². The van der Waals surface area contributed by atoms with Crippen LogP contribution in [0.1, 0.15) is 18.1 Å². The molecule has 0 saturated heterocycles. The van der Waals surface area contributed by atoms with Crippen LogP contribution in [0.25, 0.3) is 17.3 Å². The lowest BCUT2D eigenvalue weighted by atomic mass is 10.1. The van der Waals surface area contributed by atoms with Crippen molar-refractivity contribution in [3.63, 3.8) is 0 Å². The summed E-state index contributed by atoms with van der Waals surface area (Å²) in [6.45, 7) is 1.93. The van der Waals surface area contributed by atoms with Gasteiger partial charge in [-0.2, -0.15) is 5.26 Å². The third kappa shape index (κ3) is 2.62. The molecule has 0 spiro atoms. The number of benzene rings is 1. The molecule has 1 aromatic carbocycles. The second-order valence-electron chi connectivity index (χ2n) is 4.18. The second-order valence-corrected chi connectivity index (χ2v) is 4.18. The maximum Gasteiger partial charge on any atom is 0.266 e. The van der Waals surface area contributed by atoms with Gasteiger partial charge in [0.15, 0.2) is 0 Å². The molecule has 2 aromatic rings. The summed E-state index contributed by atoms with van der Waals surface area (Å²) in [5.41, 5.74) is 2.19.